The molecule has 14 heavy (non-hydrogen) atoms. The first-order chi connectivity index (χ1) is 6.49. The van der Waals surface area contributed by atoms with Crippen molar-refractivity contribution in [1.82, 2.24) is 9.78 Å². The van der Waals surface area contributed by atoms with E-state index in [9.17, 15) is 4.79 Å². The van der Waals surface area contributed by atoms with E-state index in [0.717, 1.165) is 4.90 Å². The highest BCUT2D eigenvalue weighted by atomic mass is 79.9. The fourth-order valence-electron chi connectivity index (χ4n) is 1.02. The van der Waals surface area contributed by atoms with Gasteiger partial charge in [-0.15, -0.1) is 0 Å². The van der Waals surface area contributed by atoms with Gasteiger partial charge in [0.2, 0.25) is 0 Å². The first-order valence-electron chi connectivity index (χ1n) is 3.58. The molecule has 74 valence electrons. The fraction of sp³-hybridized carbons (Fsp3) is 0.286. The number of aryl methyl sites for hydroxylation is 1. The Balaban J connectivity index is 3.29. The maximum absolute atomic E-state index is 10.7. The van der Waals surface area contributed by atoms with Gasteiger partial charge in [-0.05, 0) is 15.9 Å². The van der Waals surface area contributed by atoms with Crippen LogP contribution in [0.25, 0.3) is 0 Å². The number of amides is 1. The molecular formula is C7H7BrN4O2. The first-order valence-corrected chi connectivity index (χ1v) is 4.37. The standard InChI is InChI=1S/C7H7BrN4O2/c1-11(7(13)14)6-5(8)4(3-9)10-12(6)2/h1-2H3,(H,13,14). The molecule has 1 heterocycles. The molecule has 0 spiro atoms. The van der Waals surface area contributed by atoms with Gasteiger partial charge < -0.3 is 5.11 Å². The monoisotopic (exact) mass is 258 g/mol. The number of halogens is 1. The average Bonchev–Trinajstić information content (AvgIpc) is 2.40. The number of aromatic nitrogens is 2. The molecule has 0 radical (unpaired) electrons. The van der Waals surface area contributed by atoms with Gasteiger partial charge in [-0.2, -0.15) is 10.4 Å². The second-order valence-corrected chi connectivity index (χ2v) is 3.36. The number of nitriles is 1. The average molecular weight is 259 g/mol. The Morgan fingerprint density at radius 3 is 2.71 bits per heavy atom. The Morgan fingerprint density at radius 2 is 2.36 bits per heavy atom. The first kappa shape index (κ1) is 10.5. The molecule has 1 amide bonds. The molecule has 0 aliphatic rings. The van der Waals surface area contributed by atoms with E-state index in [0.29, 0.717) is 10.3 Å². The van der Waals surface area contributed by atoms with Crippen LogP contribution in [0.1, 0.15) is 5.69 Å². The maximum Gasteiger partial charge on any atom is 0.412 e. The van der Waals surface area contributed by atoms with Gasteiger partial charge >= 0.3 is 6.09 Å². The van der Waals surface area contributed by atoms with Crippen molar-refractivity contribution >= 4 is 27.8 Å². The van der Waals surface area contributed by atoms with Crippen LogP contribution in [0, 0.1) is 11.3 Å². The molecule has 0 atom stereocenters. The molecule has 7 heteroatoms. The van der Waals surface area contributed by atoms with Crippen molar-refractivity contribution in [2.75, 3.05) is 11.9 Å². The van der Waals surface area contributed by atoms with Crippen molar-refractivity contribution in [3.05, 3.63) is 10.2 Å². The van der Waals surface area contributed by atoms with Crippen molar-refractivity contribution < 1.29 is 9.90 Å². The number of nitrogens with zero attached hydrogens (tertiary/aromatic N) is 4. The van der Waals surface area contributed by atoms with Gasteiger partial charge in [0, 0.05) is 14.1 Å². The summed E-state index contributed by atoms with van der Waals surface area (Å²) in [6.45, 7) is 0. The van der Waals surface area contributed by atoms with Crippen molar-refractivity contribution in [2.45, 2.75) is 0 Å². The molecule has 0 aromatic carbocycles. The molecule has 0 saturated carbocycles. The minimum absolute atomic E-state index is 0.163. The third-order valence-corrected chi connectivity index (χ3v) is 2.40. The summed E-state index contributed by atoms with van der Waals surface area (Å²) in [7, 11) is 2.95. The molecule has 6 nitrogen and oxygen atoms in total. The van der Waals surface area contributed by atoms with Crippen molar-refractivity contribution in [3.63, 3.8) is 0 Å². The largest absolute Gasteiger partial charge is 0.465 e. The van der Waals surface area contributed by atoms with Crippen LogP contribution in [0.5, 0.6) is 0 Å². The summed E-state index contributed by atoms with van der Waals surface area (Å²) in [5, 5.41) is 21.2. The van der Waals surface area contributed by atoms with E-state index < -0.39 is 6.09 Å². The second-order valence-electron chi connectivity index (χ2n) is 2.56. The van der Waals surface area contributed by atoms with E-state index >= 15 is 0 Å². The predicted octanol–water partition coefficient (Wildman–Crippen LogP) is 1.17. The SMILES string of the molecule is CN(C(=O)O)c1c(Br)c(C#N)nn1C. The van der Waals surface area contributed by atoms with Gasteiger partial charge in [0.1, 0.15) is 6.07 Å². The number of hydrogen-bond donors (Lipinski definition) is 1. The molecule has 1 aromatic rings. The number of carbonyl (C=O) groups is 1. The van der Waals surface area contributed by atoms with Gasteiger partial charge in [0.05, 0.1) is 4.47 Å². The van der Waals surface area contributed by atoms with Crippen LogP contribution in [0.3, 0.4) is 0 Å². The molecule has 0 bridgehead atoms. The third kappa shape index (κ3) is 1.56. The molecule has 0 aliphatic heterocycles. The van der Waals surface area contributed by atoms with E-state index in [2.05, 4.69) is 21.0 Å². The summed E-state index contributed by atoms with van der Waals surface area (Å²) < 4.78 is 1.71. The highest BCUT2D eigenvalue weighted by Gasteiger charge is 2.20. The van der Waals surface area contributed by atoms with Crippen molar-refractivity contribution in [1.29, 1.82) is 5.26 Å². The van der Waals surface area contributed by atoms with Gasteiger partial charge in [-0.3, -0.25) is 4.90 Å². The minimum Gasteiger partial charge on any atom is -0.465 e. The normalized spacial score (nSPS) is 9.57. The Hall–Kier alpha value is -1.55. The van der Waals surface area contributed by atoms with E-state index in [4.69, 9.17) is 10.4 Å². The van der Waals surface area contributed by atoms with Gasteiger partial charge in [0.15, 0.2) is 11.5 Å². The zero-order chi connectivity index (χ0) is 10.9. The van der Waals surface area contributed by atoms with Gasteiger partial charge in [-0.25, -0.2) is 9.48 Å². The Morgan fingerprint density at radius 1 is 1.79 bits per heavy atom. The van der Waals surface area contributed by atoms with Crippen molar-refractivity contribution in [2.24, 2.45) is 7.05 Å². The number of carboxylic acid groups (broad SMARTS) is 1. The van der Waals surface area contributed by atoms with Crippen LogP contribution in [0.15, 0.2) is 4.47 Å². The Labute approximate surface area is 88.5 Å². The number of anilines is 1. The van der Waals surface area contributed by atoms with Crippen LogP contribution in [-0.4, -0.2) is 28.0 Å². The highest BCUT2D eigenvalue weighted by Crippen LogP contribution is 2.27. The molecular weight excluding hydrogens is 252 g/mol. The third-order valence-electron chi connectivity index (χ3n) is 1.67. The van der Waals surface area contributed by atoms with Crippen LogP contribution in [0.2, 0.25) is 0 Å². The van der Waals surface area contributed by atoms with Crippen molar-refractivity contribution in [3.8, 4) is 6.07 Å². The number of hydrogen-bond acceptors (Lipinski definition) is 3. The summed E-state index contributed by atoms with van der Waals surface area (Å²) in [4.78, 5) is 11.7. The molecule has 1 N–H and O–H groups in total. The topological polar surface area (TPSA) is 82.2 Å². The summed E-state index contributed by atoms with van der Waals surface area (Å²) in [5.41, 5.74) is 0.163. The molecule has 0 saturated heterocycles. The van der Waals surface area contributed by atoms with Crippen LogP contribution in [-0.2, 0) is 7.05 Å². The summed E-state index contributed by atoms with van der Waals surface area (Å²) in [6, 6.07) is 1.85. The molecule has 0 aliphatic carbocycles. The van der Waals surface area contributed by atoms with Crippen LogP contribution >= 0.6 is 15.9 Å². The summed E-state index contributed by atoms with van der Waals surface area (Å²) in [5.74, 6) is 0.328. The van der Waals surface area contributed by atoms with Gasteiger partial charge in [-0.1, -0.05) is 0 Å². The predicted molar refractivity (Wildman–Crippen MR) is 52.1 cm³/mol. The smallest absolute Gasteiger partial charge is 0.412 e. The van der Waals surface area contributed by atoms with E-state index in [1.54, 1.807) is 7.05 Å². The Kier molecular flexibility index (Phi) is 2.76. The fourth-order valence-corrected chi connectivity index (χ4v) is 1.71. The molecule has 1 aromatic heterocycles. The highest BCUT2D eigenvalue weighted by molar-refractivity contribution is 9.10. The summed E-state index contributed by atoms with van der Waals surface area (Å²) in [6.07, 6.45) is -1.11. The maximum atomic E-state index is 10.7. The Bertz CT molecular complexity index is 420. The van der Waals surface area contributed by atoms with Gasteiger partial charge in [0.25, 0.3) is 0 Å². The lowest BCUT2D eigenvalue weighted by atomic mass is 10.4. The zero-order valence-corrected chi connectivity index (χ0v) is 9.11. The van der Waals surface area contributed by atoms with E-state index in [-0.39, 0.29) is 5.69 Å². The number of rotatable bonds is 1. The quantitative estimate of drug-likeness (QED) is 0.820. The minimum atomic E-state index is -1.11. The molecule has 0 fully saturated rings. The van der Waals surface area contributed by atoms with E-state index in [1.165, 1.54) is 11.7 Å². The lowest BCUT2D eigenvalue weighted by Crippen LogP contribution is -2.26. The molecule has 0 unspecified atom stereocenters. The van der Waals surface area contributed by atoms with Crippen LogP contribution < -0.4 is 4.90 Å². The zero-order valence-electron chi connectivity index (χ0n) is 7.52. The second kappa shape index (κ2) is 3.67. The van der Waals surface area contributed by atoms with Crippen LogP contribution in [0.4, 0.5) is 10.6 Å². The summed E-state index contributed by atoms with van der Waals surface area (Å²) >= 11 is 3.12. The lowest BCUT2D eigenvalue weighted by Gasteiger charge is -2.12. The molecule has 1 rings (SSSR count). The van der Waals surface area contributed by atoms with E-state index in [1.807, 2.05) is 6.07 Å². The lowest BCUT2D eigenvalue weighted by molar-refractivity contribution is 0.203.